The van der Waals surface area contributed by atoms with Gasteiger partial charge in [0.15, 0.2) is 6.29 Å². The van der Waals surface area contributed by atoms with E-state index in [1.165, 1.54) is 7.05 Å². The second kappa shape index (κ2) is 7.03. The zero-order chi connectivity index (χ0) is 11.9. The highest BCUT2D eigenvalue weighted by molar-refractivity contribution is 4.60. The van der Waals surface area contributed by atoms with E-state index >= 15 is 0 Å². The van der Waals surface area contributed by atoms with Crippen LogP contribution in [-0.2, 0) is 9.47 Å². The summed E-state index contributed by atoms with van der Waals surface area (Å²) in [6.45, 7) is 3.55. The third-order valence-corrected chi connectivity index (χ3v) is 1.62. The minimum Gasteiger partial charge on any atom is -0.352 e. The molecule has 0 aliphatic rings. The van der Waals surface area contributed by atoms with Crippen LogP contribution in [0.25, 0.3) is 0 Å². The predicted octanol–water partition coefficient (Wildman–Crippen LogP) is 1.88. The highest BCUT2D eigenvalue weighted by Gasteiger charge is 2.30. The highest BCUT2D eigenvalue weighted by atomic mass is 19.4. The van der Waals surface area contributed by atoms with E-state index < -0.39 is 19.0 Å². The van der Waals surface area contributed by atoms with Gasteiger partial charge in [-0.3, -0.25) is 4.90 Å². The zero-order valence-corrected chi connectivity index (χ0v) is 9.30. The first kappa shape index (κ1) is 14.7. The molecule has 0 fully saturated rings. The van der Waals surface area contributed by atoms with Gasteiger partial charge in [0.25, 0.3) is 0 Å². The minimum atomic E-state index is -4.18. The average molecular weight is 229 g/mol. The third kappa shape index (κ3) is 8.65. The molecule has 0 unspecified atom stereocenters. The van der Waals surface area contributed by atoms with Crippen LogP contribution in [0.5, 0.6) is 0 Å². The smallest absolute Gasteiger partial charge is 0.352 e. The van der Waals surface area contributed by atoms with Gasteiger partial charge in [-0.05, 0) is 20.9 Å². The van der Waals surface area contributed by atoms with Gasteiger partial charge in [-0.15, -0.1) is 0 Å². The van der Waals surface area contributed by atoms with E-state index in [4.69, 9.17) is 9.47 Å². The van der Waals surface area contributed by atoms with Crippen LogP contribution in [0.3, 0.4) is 0 Å². The maximum absolute atomic E-state index is 12.0. The van der Waals surface area contributed by atoms with Crippen LogP contribution in [-0.4, -0.2) is 50.7 Å². The molecular formula is C9H18F3NO2. The van der Waals surface area contributed by atoms with Crippen molar-refractivity contribution in [3.63, 3.8) is 0 Å². The SMILES string of the molecule is CCOC(CN(C)CC(F)(F)F)OCC. The van der Waals surface area contributed by atoms with Crippen LogP contribution < -0.4 is 0 Å². The highest BCUT2D eigenvalue weighted by Crippen LogP contribution is 2.15. The monoisotopic (exact) mass is 229 g/mol. The quantitative estimate of drug-likeness (QED) is 0.622. The largest absolute Gasteiger partial charge is 0.401 e. The first-order valence-corrected chi connectivity index (χ1v) is 4.87. The van der Waals surface area contributed by atoms with Gasteiger partial charge >= 0.3 is 6.18 Å². The molecule has 0 aliphatic carbocycles. The summed E-state index contributed by atoms with van der Waals surface area (Å²) in [5.41, 5.74) is 0. The molecule has 92 valence electrons. The Labute approximate surface area is 88.1 Å². The molecule has 0 saturated heterocycles. The molecule has 0 heterocycles. The van der Waals surface area contributed by atoms with Crippen LogP contribution in [0.4, 0.5) is 13.2 Å². The van der Waals surface area contributed by atoms with Gasteiger partial charge < -0.3 is 9.47 Å². The fraction of sp³-hybridized carbons (Fsp3) is 1.00. The molecule has 0 aromatic rings. The van der Waals surface area contributed by atoms with Crippen molar-refractivity contribution < 1.29 is 22.6 Å². The number of hydrogen-bond donors (Lipinski definition) is 0. The van der Waals surface area contributed by atoms with Crippen molar-refractivity contribution in [3.05, 3.63) is 0 Å². The summed E-state index contributed by atoms with van der Waals surface area (Å²) < 4.78 is 46.3. The molecular weight excluding hydrogens is 211 g/mol. The molecule has 0 N–H and O–H groups in total. The Morgan fingerprint density at radius 1 is 1.13 bits per heavy atom. The fourth-order valence-electron chi connectivity index (χ4n) is 1.15. The third-order valence-electron chi connectivity index (χ3n) is 1.62. The second-order valence-electron chi connectivity index (χ2n) is 3.15. The van der Waals surface area contributed by atoms with Crippen LogP contribution in [0, 0.1) is 0 Å². The van der Waals surface area contributed by atoms with Gasteiger partial charge in [0.2, 0.25) is 0 Å². The number of halogens is 3. The molecule has 0 bridgehead atoms. The van der Waals surface area contributed by atoms with E-state index in [-0.39, 0.29) is 6.54 Å². The summed E-state index contributed by atoms with van der Waals surface area (Å²) in [5.74, 6) is 0. The lowest BCUT2D eigenvalue weighted by Gasteiger charge is -2.24. The van der Waals surface area contributed by atoms with Crippen molar-refractivity contribution in [2.24, 2.45) is 0 Å². The molecule has 0 aromatic heterocycles. The second-order valence-corrected chi connectivity index (χ2v) is 3.15. The van der Waals surface area contributed by atoms with Crippen molar-refractivity contribution in [1.82, 2.24) is 4.90 Å². The van der Waals surface area contributed by atoms with Gasteiger partial charge in [-0.25, -0.2) is 0 Å². The van der Waals surface area contributed by atoms with Crippen LogP contribution in [0.1, 0.15) is 13.8 Å². The summed E-state index contributed by atoms with van der Waals surface area (Å²) in [6.07, 6.45) is -4.77. The predicted molar refractivity (Wildman–Crippen MR) is 50.6 cm³/mol. The Hall–Kier alpha value is -0.330. The van der Waals surface area contributed by atoms with Gasteiger partial charge in [0.05, 0.1) is 6.54 Å². The maximum Gasteiger partial charge on any atom is 0.401 e. The summed E-state index contributed by atoms with van der Waals surface area (Å²) in [6, 6.07) is 0. The van der Waals surface area contributed by atoms with E-state index in [1.807, 2.05) is 0 Å². The van der Waals surface area contributed by atoms with Crippen molar-refractivity contribution in [2.75, 3.05) is 33.4 Å². The number of likely N-dealkylation sites (N-methyl/N-ethyl adjacent to an activating group) is 1. The summed E-state index contributed by atoms with van der Waals surface area (Å²) >= 11 is 0. The molecule has 0 rings (SSSR count). The van der Waals surface area contributed by atoms with E-state index in [2.05, 4.69) is 0 Å². The lowest BCUT2D eigenvalue weighted by molar-refractivity contribution is -0.171. The van der Waals surface area contributed by atoms with Gasteiger partial charge in [-0.1, -0.05) is 0 Å². The summed E-state index contributed by atoms with van der Waals surface area (Å²) in [7, 11) is 1.39. The molecule has 15 heavy (non-hydrogen) atoms. The van der Waals surface area contributed by atoms with Crippen molar-refractivity contribution >= 4 is 0 Å². The Morgan fingerprint density at radius 3 is 1.93 bits per heavy atom. The minimum absolute atomic E-state index is 0.112. The number of rotatable bonds is 7. The van der Waals surface area contributed by atoms with E-state index in [1.54, 1.807) is 13.8 Å². The Balaban J connectivity index is 3.93. The van der Waals surface area contributed by atoms with Gasteiger partial charge in [-0.2, -0.15) is 13.2 Å². The molecule has 6 heteroatoms. The number of hydrogen-bond acceptors (Lipinski definition) is 3. The lowest BCUT2D eigenvalue weighted by Crippen LogP contribution is -2.38. The Kier molecular flexibility index (Phi) is 6.87. The maximum atomic E-state index is 12.0. The first-order chi connectivity index (χ1) is 6.89. The van der Waals surface area contributed by atoms with Crippen LogP contribution in [0.15, 0.2) is 0 Å². The molecule has 0 atom stereocenters. The van der Waals surface area contributed by atoms with Crippen molar-refractivity contribution in [2.45, 2.75) is 26.3 Å². The van der Waals surface area contributed by atoms with E-state index in [0.717, 1.165) is 4.90 Å². The Bertz CT molecular complexity index is 158. The van der Waals surface area contributed by atoms with E-state index in [0.29, 0.717) is 13.2 Å². The molecule has 0 aromatic carbocycles. The molecule has 0 spiro atoms. The normalized spacial score (nSPS) is 12.8. The van der Waals surface area contributed by atoms with E-state index in [9.17, 15) is 13.2 Å². The topological polar surface area (TPSA) is 21.7 Å². The molecule has 0 radical (unpaired) electrons. The molecule has 0 aliphatic heterocycles. The van der Waals surface area contributed by atoms with Crippen molar-refractivity contribution in [1.29, 1.82) is 0 Å². The first-order valence-electron chi connectivity index (χ1n) is 4.87. The number of nitrogens with zero attached hydrogens (tertiary/aromatic N) is 1. The van der Waals surface area contributed by atoms with Crippen molar-refractivity contribution in [3.8, 4) is 0 Å². The lowest BCUT2D eigenvalue weighted by atomic mass is 10.5. The van der Waals surface area contributed by atoms with Gasteiger partial charge in [0, 0.05) is 19.8 Å². The Morgan fingerprint density at radius 2 is 1.60 bits per heavy atom. The number of ether oxygens (including phenoxy) is 2. The number of alkyl halides is 3. The average Bonchev–Trinajstić information content (AvgIpc) is 2.00. The zero-order valence-electron chi connectivity index (χ0n) is 9.30. The molecule has 0 saturated carbocycles. The van der Waals surface area contributed by atoms with Crippen LogP contribution >= 0.6 is 0 Å². The fourth-order valence-corrected chi connectivity index (χ4v) is 1.15. The standard InChI is InChI=1S/C9H18F3NO2/c1-4-14-8(15-5-2)6-13(3)7-9(10,11)12/h8H,4-7H2,1-3H3. The van der Waals surface area contributed by atoms with Gasteiger partial charge in [0.1, 0.15) is 0 Å². The molecule has 0 amide bonds. The summed E-state index contributed by atoms with van der Waals surface area (Å²) in [5, 5.41) is 0. The molecule has 3 nitrogen and oxygen atoms in total. The van der Waals surface area contributed by atoms with Crippen LogP contribution in [0.2, 0.25) is 0 Å². The summed E-state index contributed by atoms with van der Waals surface area (Å²) in [4.78, 5) is 1.13.